The molecule has 4 aromatic rings. The summed E-state index contributed by atoms with van der Waals surface area (Å²) in [6.45, 7) is 6.68. The first kappa shape index (κ1) is 27.8. The minimum Gasteiger partial charge on any atom is -0.496 e. The lowest BCUT2D eigenvalue weighted by Gasteiger charge is -2.48. The van der Waals surface area contributed by atoms with Crippen LogP contribution in [0.3, 0.4) is 0 Å². The highest BCUT2D eigenvalue weighted by Crippen LogP contribution is 2.35. The summed E-state index contributed by atoms with van der Waals surface area (Å²) in [6.07, 6.45) is 7.05. The van der Waals surface area contributed by atoms with E-state index in [4.69, 9.17) is 14.7 Å². The Kier molecular flexibility index (Phi) is 7.65. The molecule has 0 aliphatic carbocycles. The number of aliphatic hydroxyl groups excluding tert-OH is 1. The van der Waals surface area contributed by atoms with E-state index in [0.717, 1.165) is 27.8 Å². The molecule has 0 saturated carbocycles. The van der Waals surface area contributed by atoms with Crippen LogP contribution in [-0.4, -0.2) is 82.6 Å². The van der Waals surface area contributed by atoms with E-state index < -0.39 is 9.84 Å². The number of aliphatic hydroxyl groups is 1. The number of nitrogens with one attached hydrogen (secondary N) is 1. The Bertz CT molecular complexity index is 1640. The molecule has 1 fully saturated rings. The molecule has 3 atom stereocenters. The van der Waals surface area contributed by atoms with Crippen LogP contribution in [0.5, 0.6) is 5.75 Å². The first-order valence-corrected chi connectivity index (χ1v) is 15.3. The molecule has 0 unspecified atom stereocenters. The Morgan fingerprint density at radius 2 is 2.02 bits per heavy atom. The molecule has 1 aliphatic heterocycles. The summed E-state index contributed by atoms with van der Waals surface area (Å²) in [5.41, 5.74) is 4.05. The van der Waals surface area contributed by atoms with Crippen molar-refractivity contribution in [3.05, 3.63) is 48.5 Å². The van der Waals surface area contributed by atoms with Crippen molar-refractivity contribution in [2.75, 3.05) is 42.5 Å². The van der Waals surface area contributed by atoms with Crippen molar-refractivity contribution >= 4 is 32.2 Å². The Hall–Kier alpha value is -3.77. The second-order valence-corrected chi connectivity index (χ2v) is 12.7. The van der Waals surface area contributed by atoms with Gasteiger partial charge in [0.1, 0.15) is 21.4 Å². The number of hydrogen-bond acceptors (Lipinski definition) is 10. The minimum atomic E-state index is -3.07. The van der Waals surface area contributed by atoms with Gasteiger partial charge in [-0.15, -0.1) is 0 Å². The maximum absolute atomic E-state index is 11.9. The standard InChI is InChI=1S/C28H35N7O4S/c1-17(7-9-36)31-27-10-21(34-15-20(19(34)3)16-40(5,37)38)11-28(33-27)35-25-12-24(32-18(2)22(25)14-30-35)23-13-29-8-6-26(23)39-4/h6,8,10-14,17,19-20,36H,7,9,15-16H2,1-5H3,(H,31,33)/t17-,19-,20-/m1/s1. The van der Waals surface area contributed by atoms with Crippen molar-refractivity contribution in [3.8, 4) is 22.8 Å². The Balaban J connectivity index is 1.59. The highest BCUT2D eigenvalue weighted by atomic mass is 32.2. The summed E-state index contributed by atoms with van der Waals surface area (Å²) in [5, 5.41) is 18.4. The van der Waals surface area contributed by atoms with Crippen LogP contribution >= 0.6 is 0 Å². The number of ether oxygens (including phenoxy) is 1. The number of aromatic nitrogens is 5. The number of anilines is 2. The largest absolute Gasteiger partial charge is 0.496 e. The fourth-order valence-electron chi connectivity index (χ4n) is 5.23. The van der Waals surface area contributed by atoms with Crippen LogP contribution in [0, 0.1) is 12.8 Å². The molecule has 0 spiro atoms. The third kappa shape index (κ3) is 5.59. The zero-order valence-corrected chi connectivity index (χ0v) is 24.2. The molecule has 5 rings (SSSR count). The van der Waals surface area contributed by atoms with Crippen LogP contribution in [0.15, 0.2) is 42.9 Å². The van der Waals surface area contributed by atoms with Gasteiger partial charge in [0, 0.05) is 78.7 Å². The van der Waals surface area contributed by atoms with Crippen molar-refractivity contribution in [1.29, 1.82) is 0 Å². The van der Waals surface area contributed by atoms with Gasteiger partial charge in [-0.2, -0.15) is 5.10 Å². The third-order valence-electron chi connectivity index (χ3n) is 7.46. The smallest absolute Gasteiger partial charge is 0.158 e. The number of aryl methyl sites for hydroxylation is 1. The van der Waals surface area contributed by atoms with Gasteiger partial charge in [0.25, 0.3) is 0 Å². The van der Waals surface area contributed by atoms with Crippen molar-refractivity contribution < 1.29 is 18.3 Å². The predicted molar refractivity (Wildman–Crippen MR) is 156 cm³/mol. The SMILES string of the molecule is COc1ccncc1-c1cc2c(cnn2-c2cc(N3C[C@H](CS(C)(=O)=O)[C@H]3C)cc(N[C@H](C)CCO)n2)c(C)n1. The van der Waals surface area contributed by atoms with Gasteiger partial charge in [-0.25, -0.2) is 18.1 Å². The van der Waals surface area contributed by atoms with E-state index in [2.05, 4.69) is 20.3 Å². The maximum atomic E-state index is 11.9. The molecule has 212 valence electrons. The molecule has 1 saturated heterocycles. The predicted octanol–water partition coefficient (Wildman–Crippen LogP) is 3.25. The Labute approximate surface area is 234 Å². The summed E-state index contributed by atoms with van der Waals surface area (Å²) in [6, 6.07) is 7.75. The number of rotatable bonds is 10. The molecule has 2 N–H and O–H groups in total. The van der Waals surface area contributed by atoms with Crippen molar-refractivity contribution in [2.45, 2.75) is 39.3 Å². The van der Waals surface area contributed by atoms with Crippen molar-refractivity contribution in [2.24, 2.45) is 5.92 Å². The molecule has 40 heavy (non-hydrogen) atoms. The third-order valence-corrected chi connectivity index (χ3v) is 8.49. The lowest BCUT2D eigenvalue weighted by molar-refractivity contribution is 0.282. The van der Waals surface area contributed by atoms with Crippen LogP contribution in [-0.2, 0) is 9.84 Å². The van der Waals surface area contributed by atoms with Gasteiger partial charge in [-0.3, -0.25) is 9.97 Å². The monoisotopic (exact) mass is 565 g/mol. The maximum Gasteiger partial charge on any atom is 0.158 e. The molecule has 0 radical (unpaired) electrons. The second-order valence-electron chi connectivity index (χ2n) is 10.5. The quantitative estimate of drug-likeness (QED) is 0.295. The molecule has 1 aliphatic rings. The van der Waals surface area contributed by atoms with Crippen LogP contribution < -0.4 is 15.0 Å². The fourth-order valence-corrected chi connectivity index (χ4v) is 6.39. The number of methoxy groups -OCH3 is 1. The van der Waals surface area contributed by atoms with Gasteiger partial charge in [0.15, 0.2) is 5.82 Å². The minimum absolute atomic E-state index is 0.00199. The first-order valence-electron chi connectivity index (χ1n) is 13.3. The summed E-state index contributed by atoms with van der Waals surface area (Å²) < 4.78 is 31.1. The van der Waals surface area contributed by atoms with E-state index >= 15 is 0 Å². The molecule has 4 aromatic heterocycles. The van der Waals surface area contributed by atoms with Gasteiger partial charge in [-0.1, -0.05) is 0 Å². The second kappa shape index (κ2) is 11.0. The highest BCUT2D eigenvalue weighted by molar-refractivity contribution is 7.90. The normalized spacial score (nSPS) is 18.0. The number of sulfone groups is 1. The highest BCUT2D eigenvalue weighted by Gasteiger charge is 2.38. The van der Waals surface area contributed by atoms with Gasteiger partial charge < -0.3 is 20.1 Å². The zero-order chi connectivity index (χ0) is 28.6. The summed E-state index contributed by atoms with van der Waals surface area (Å²) in [7, 11) is -1.45. The Morgan fingerprint density at radius 1 is 1.23 bits per heavy atom. The molecule has 11 nitrogen and oxygen atoms in total. The molecule has 5 heterocycles. The van der Waals surface area contributed by atoms with E-state index in [1.165, 1.54) is 6.26 Å². The molecular weight excluding hydrogens is 530 g/mol. The lowest BCUT2D eigenvalue weighted by Crippen LogP contribution is -2.57. The van der Waals surface area contributed by atoms with Crippen molar-refractivity contribution in [3.63, 3.8) is 0 Å². The molecule has 0 amide bonds. The Morgan fingerprint density at radius 3 is 2.73 bits per heavy atom. The van der Waals surface area contributed by atoms with E-state index in [1.807, 2.05) is 39.0 Å². The van der Waals surface area contributed by atoms with Crippen molar-refractivity contribution in [1.82, 2.24) is 24.7 Å². The van der Waals surface area contributed by atoms with Gasteiger partial charge in [0.05, 0.1) is 35.8 Å². The fraction of sp³-hybridized carbons (Fsp3) is 0.429. The van der Waals surface area contributed by atoms with Crippen LogP contribution in [0.2, 0.25) is 0 Å². The zero-order valence-electron chi connectivity index (χ0n) is 23.4. The summed E-state index contributed by atoms with van der Waals surface area (Å²) in [4.78, 5) is 16.1. The van der Waals surface area contributed by atoms with Crippen LogP contribution in [0.25, 0.3) is 28.0 Å². The number of pyridine rings is 3. The molecule has 12 heteroatoms. The van der Waals surface area contributed by atoms with Gasteiger partial charge >= 0.3 is 0 Å². The molecule has 0 aromatic carbocycles. The average Bonchev–Trinajstić information content (AvgIpc) is 3.34. The molecule has 0 bridgehead atoms. The van der Waals surface area contributed by atoms with Gasteiger partial charge in [0.2, 0.25) is 0 Å². The summed E-state index contributed by atoms with van der Waals surface area (Å²) >= 11 is 0. The average molecular weight is 566 g/mol. The molecular formula is C28H35N7O4S. The van der Waals surface area contributed by atoms with Crippen LogP contribution in [0.1, 0.15) is 26.0 Å². The lowest BCUT2D eigenvalue weighted by atomic mass is 9.91. The van der Waals surface area contributed by atoms with E-state index in [9.17, 15) is 13.5 Å². The van der Waals surface area contributed by atoms with Gasteiger partial charge in [-0.05, 0) is 39.3 Å². The number of fused-ring (bicyclic) bond motifs is 1. The summed E-state index contributed by atoms with van der Waals surface area (Å²) in [5.74, 6) is 2.16. The van der Waals surface area contributed by atoms with Crippen LogP contribution in [0.4, 0.5) is 11.5 Å². The topological polar surface area (TPSA) is 135 Å². The number of hydrogen-bond donors (Lipinski definition) is 2. The van der Waals surface area contributed by atoms with E-state index in [1.54, 1.807) is 36.4 Å². The number of nitrogens with zero attached hydrogens (tertiary/aromatic N) is 6. The van der Waals surface area contributed by atoms with E-state index in [0.29, 0.717) is 36.0 Å². The van der Waals surface area contributed by atoms with E-state index in [-0.39, 0.29) is 30.4 Å². The first-order chi connectivity index (χ1) is 19.1.